The van der Waals surface area contributed by atoms with E-state index in [2.05, 4.69) is 11.6 Å². The molecule has 0 spiro atoms. The Kier molecular flexibility index (Phi) is 2.63. The molecule has 11 heavy (non-hydrogen) atoms. The highest BCUT2D eigenvalue weighted by Gasteiger charge is 1.98. The molecule has 1 rings (SSSR count). The zero-order chi connectivity index (χ0) is 8.27. The first kappa shape index (κ1) is 8.24. The second-order valence-corrected chi connectivity index (χ2v) is 2.44. The van der Waals surface area contributed by atoms with Crippen molar-refractivity contribution in [1.82, 2.24) is 4.98 Å². The molecule has 0 saturated carbocycles. The molecule has 3 heteroatoms. The van der Waals surface area contributed by atoms with Gasteiger partial charge in [0.25, 0.3) is 0 Å². The van der Waals surface area contributed by atoms with Gasteiger partial charge in [0.15, 0.2) is 0 Å². The molecule has 0 aliphatic heterocycles. The number of pyridine rings is 1. The Labute approximate surface area is 70.2 Å². The van der Waals surface area contributed by atoms with Crippen LogP contribution in [0.1, 0.15) is 11.1 Å². The lowest BCUT2D eigenvalue weighted by atomic mass is 10.2. The third-order valence-corrected chi connectivity index (χ3v) is 1.64. The SMILES string of the molecule is C=Cc1cc(CO)cnc1Cl. The van der Waals surface area contributed by atoms with Crippen molar-refractivity contribution in [2.75, 3.05) is 0 Å². The second kappa shape index (κ2) is 3.51. The topological polar surface area (TPSA) is 33.1 Å². The summed E-state index contributed by atoms with van der Waals surface area (Å²) in [5, 5.41) is 9.15. The molecule has 58 valence electrons. The minimum atomic E-state index is -0.0228. The Morgan fingerprint density at radius 1 is 1.73 bits per heavy atom. The molecule has 1 N–H and O–H groups in total. The average molecular weight is 170 g/mol. The quantitative estimate of drug-likeness (QED) is 0.686. The predicted octanol–water partition coefficient (Wildman–Crippen LogP) is 1.87. The van der Waals surface area contributed by atoms with Gasteiger partial charge in [-0.1, -0.05) is 24.3 Å². The molecule has 0 fully saturated rings. The Morgan fingerprint density at radius 2 is 2.45 bits per heavy atom. The van der Waals surface area contributed by atoms with Crippen molar-refractivity contribution >= 4 is 17.7 Å². The molecule has 0 atom stereocenters. The zero-order valence-corrected chi connectivity index (χ0v) is 6.67. The van der Waals surface area contributed by atoms with Crippen molar-refractivity contribution in [3.63, 3.8) is 0 Å². The van der Waals surface area contributed by atoms with Crippen LogP contribution in [-0.4, -0.2) is 10.1 Å². The average Bonchev–Trinajstić information content (AvgIpc) is 2.05. The maximum Gasteiger partial charge on any atom is 0.136 e. The lowest BCUT2D eigenvalue weighted by Crippen LogP contribution is -1.87. The van der Waals surface area contributed by atoms with Gasteiger partial charge in [-0.05, 0) is 11.6 Å². The summed E-state index contributed by atoms with van der Waals surface area (Å²) in [5.41, 5.74) is 1.49. The largest absolute Gasteiger partial charge is 0.392 e. The van der Waals surface area contributed by atoms with Crippen molar-refractivity contribution in [2.24, 2.45) is 0 Å². The van der Waals surface area contributed by atoms with Gasteiger partial charge >= 0.3 is 0 Å². The van der Waals surface area contributed by atoms with Crippen molar-refractivity contribution in [2.45, 2.75) is 6.61 Å². The van der Waals surface area contributed by atoms with Crippen LogP contribution in [0.25, 0.3) is 6.08 Å². The molecule has 0 unspecified atom stereocenters. The van der Waals surface area contributed by atoms with Crippen LogP contribution >= 0.6 is 11.6 Å². The lowest BCUT2D eigenvalue weighted by molar-refractivity contribution is 0.281. The fourth-order valence-electron chi connectivity index (χ4n) is 0.740. The lowest BCUT2D eigenvalue weighted by Gasteiger charge is -1.98. The molecular weight excluding hydrogens is 162 g/mol. The molecule has 1 aromatic heterocycles. The van der Waals surface area contributed by atoms with Gasteiger partial charge in [-0.25, -0.2) is 4.98 Å². The summed E-state index contributed by atoms with van der Waals surface area (Å²) in [6.07, 6.45) is 3.14. The molecule has 0 saturated heterocycles. The smallest absolute Gasteiger partial charge is 0.136 e. The van der Waals surface area contributed by atoms with E-state index < -0.39 is 0 Å². The molecule has 0 bridgehead atoms. The minimum Gasteiger partial charge on any atom is -0.392 e. The van der Waals surface area contributed by atoms with E-state index >= 15 is 0 Å². The fraction of sp³-hybridized carbons (Fsp3) is 0.125. The van der Waals surface area contributed by atoms with E-state index in [0.717, 1.165) is 11.1 Å². The number of hydrogen-bond donors (Lipinski definition) is 1. The summed E-state index contributed by atoms with van der Waals surface area (Å²) in [7, 11) is 0. The molecule has 1 aromatic rings. The molecule has 0 aromatic carbocycles. The monoisotopic (exact) mass is 169 g/mol. The van der Waals surface area contributed by atoms with Crippen LogP contribution in [0.3, 0.4) is 0 Å². The molecule has 0 aliphatic rings. The summed E-state index contributed by atoms with van der Waals surface area (Å²) in [5.74, 6) is 0. The molecular formula is C8H8ClNO. The van der Waals surface area contributed by atoms with E-state index in [0.29, 0.717) is 5.15 Å². The summed E-state index contributed by atoms with van der Waals surface area (Å²) in [6, 6.07) is 1.75. The zero-order valence-electron chi connectivity index (χ0n) is 5.92. The van der Waals surface area contributed by atoms with Crippen molar-refractivity contribution in [3.8, 4) is 0 Å². The van der Waals surface area contributed by atoms with Gasteiger partial charge in [0.05, 0.1) is 6.61 Å². The van der Waals surface area contributed by atoms with E-state index in [1.54, 1.807) is 12.1 Å². The number of halogens is 1. The molecule has 1 heterocycles. The summed E-state index contributed by atoms with van der Waals surface area (Å²) in [6.45, 7) is 3.54. The number of hydrogen-bond acceptors (Lipinski definition) is 2. The first-order chi connectivity index (χ1) is 5.27. The van der Waals surface area contributed by atoms with Crippen LogP contribution < -0.4 is 0 Å². The number of aromatic nitrogens is 1. The van der Waals surface area contributed by atoms with E-state index in [4.69, 9.17) is 16.7 Å². The predicted molar refractivity (Wildman–Crippen MR) is 45.3 cm³/mol. The number of rotatable bonds is 2. The highest BCUT2D eigenvalue weighted by Crippen LogP contribution is 2.14. The fourth-order valence-corrected chi connectivity index (χ4v) is 0.921. The van der Waals surface area contributed by atoms with Gasteiger partial charge in [-0.2, -0.15) is 0 Å². The number of aliphatic hydroxyl groups is 1. The van der Waals surface area contributed by atoms with Crippen LogP contribution in [0.5, 0.6) is 0 Å². The van der Waals surface area contributed by atoms with Gasteiger partial charge < -0.3 is 5.11 Å². The van der Waals surface area contributed by atoms with E-state index in [1.807, 2.05) is 0 Å². The minimum absolute atomic E-state index is 0.0228. The van der Waals surface area contributed by atoms with Gasteiger partial charge in [-0.15, -0.1) is 0 Å². The third kappa shape index (κ3) is 1.79. The van der Waals surface area contributed by atoms with Crippen LogP contribution in [-0.2, 0) is 6.61 Å². The highest BCUT2D eigenvalue weighted by atomic mass is 35.5. The Morgan fingerprint density at radius 3 is 3.00 bits per heavy atom. The van der Waals surface area contributed by atoms with Gasteiger partial charge in [0, 0.05) is 11.8 Å². The second-order valence-electron chi connectivity index (χ2n) is 2.09. The summed E-state index contributed by atoms with van der Waals surface area (Å²) < 4.78 is 0. The van der Waals surface area contributed by atoms with Gasteiger partial charge in [0.2, 0.25) is 0 Å². The van der Waals surface area contributed by atoms with Crippen molar-refractivity contribution in [1.29, 1.82) is 0 Å². The Balaban J connectivity index is 3.12. The first-order valence-electron chi connectivity index (χ1n) is 3.15. The van der Waals surface area contributed by atoms with Crippen LogP contribution in [0, 0.1) is 0 Å². The normalized spacial score (nSPS) is 9.64. The van der Waals surface area contributed by atoms with Gasteiger partial charge in [0.1, 0.15) is 5.15 Å². The molecule has 2 nitrogen and oxygen atoms in total. The Bertz CT molecular complexity index is 273. The summed E-state index contributed by atoms with van der Waals surface area (Å²) >= 11 is 5.69. The Hall–Kier alpha value is -0.860. The van der Waals surface area contributed by atoms with Crippen LogP contribution in [0.4, 0.5) is 0 Å². The molecule has 0 aliphatic carbocycles. The van der Waals surface area contributed by atoms with E-state index in [-0.39, 0.29) is 6.61 Å². The van der Waals surface area contributed by atoms with Gasteiger partial charge in [-0.3, -0.25) is 0 Å². The number of aliphatic hydroxyl groups excluding tert-OH is 1. The molecule has 0 radical (unpaired) electrons. The maximum atomic E-state index is 8.73. The maximum absolute atomic E-state index is 8.73. The highest BCUT2D eigenvalue weighted by molar-refractivity contribution is 6.30. The van der Waals surface area contributed by atoms with E-state index in [9.17, 15) is 0 Å². The van der Waals surface area contributed by atoms with Crippen molar-refractivity contribution in [3.05, 3.63) is 35.1 Å². The third-order valence-electron chi connectivity index (χ3n) is 1.33. The first-order valence-corrected chi connectivity index (χ1v) is 3.53. The standard InChI is InChI=1S/C8H8ClNO/c1-2-7-3-6(5-11)4-10-8(7)9/h2-4,11H,1,5H2. The summed E-state index contributed by atoms with van der Waals surface area (Å²) in [4.78, 5) is 3.85. The molecule has 0 amide bonds. The van der Waals surface area contributed by atoms with Crippen LogP contribution in [0.15, 0.2) is 18.8 Å². The van der Waals surface area contributed by atoms with E-state index in [1.165, 1.54) is 6.20 Å². The van der Waals surface area contributed by atoms with Crippen LogP contribution in [0.2, 0.25) is 5.15 Å². The van der Waals surface area contributed by atoms with Crippen molar-refractivity contribution < 1.29 is 5.11 Å². The number of nitrogens with zero attached hydrogens (tertiary/aromatic N) is 1.